The highest BCUT2D eigenvalue weighted by molar-refractivity contribution is 7.14. The zero-order valence-electron chi connectivity index (χ0n) is 16.9. The van der Waals surface area contributed by atoms with Gasteiger partial charge >= 0.3 is 11.9 Å². The molecule has 0 fully saturated rings. The number of nitrogens with one attached hydrogen (secondary N) is 2. The third-order valence-corrected chi connectivity index (χ3v) is 6.15. The van der Waals surface area contributed by atoms with E-state index in [1.165, 1.54) is 11.3 Å². The average Bonchev–Trinajstić information content (AvgIpc) is 3.33. The molecule has 3 rings (SSSR count). The van der Waals surface area contributed by atoms with Crippen LogP contribution in [-0.4, -0.2) is 54.2 Å². The first-order valence-corrected chi connectivity index (χ1v) is 10.4. The highest BCUT2D eigenvalue weighted by atomic mass is 32.1. The van der Waals surface area contributed by atoms with Crippen molar-refractivity contribution in [1.29, 1.82) is 0 Å². The number of nitrogens with zero attached hydrogens (tertiary/aromatic N) is 2. The number of carbonyl (C=O) groups excluding carboxylic acids is 1. The van der Waals surface area contributed by atoms with Crippen molar-refractivity contribution in [3.8, 4) is 17.3 Å². The predicted molar refractivity (Wildman–Crippen MR) is 112 cm³/mol. The maximum absolute atomic E-state index is 12.5. The molecule has 0 radical (unpaired) electrons. The third kappa shape index (κ3) is 5.00. The fourth-order valence-electron chi connectivity index (χ4n) is 3.28. The number of aryl methyl sites for hydroxylation is 1. The van der Waals surface area contributed by atoms with E-state index in [0.717, 1.165) is 10.4 Å². The molecule has 2 atom stereocenters. The van der Waals surface area contributed by atoms with E-state index in [9.17, 15) is 24.6 Å². The molecule has 1 aromatic rings. The molecular formula is C20H22N4O6S. The molecule has 2 aliphatic heterocycles. The van der Waals surface area contributed by atoms with E-state index in [1.54, 1.807) is 25.3 Å². The Kier molecular flexibility index (Phi) is 6.54. The highest BCUT2D eigenvalue weighted by Gasteiger charge is 2.26. The number of aromatic amines is 1. The molecule has 1 aromatic heterocycles. The number of aliphatic carboxylic acids is 2. The lowest BCUT2D eigenvalue weighted by Gasteiger charge is -2.13. The number of H-pyrrole nitrogens is 1. The van der Waals surface area contributed by atoms with E-state index in [-0.39, 0.29) is 31.1 Å². The second-order valence-electron chi connectivity index (χ2n) is 7.16. The molecule has 0 spiro atoms. The highest BCUT2D eigenvalue weighted by Crippen LogP contribution is 2.39. The van der Waals surface area contributed by atoms with Crippen LogP contribution in [0, 0.1) is 6.92 Å². The SMILES string of the molecule is Cc1nc(O)c2c(C(C)c3ccc(C(=O)NC(CCCC(=O)O)C(=O)O)s3)cnc-2[nH]1. The smallest absolute Gasteiger partial charge is 0.326 e. The van der Waals surface area contributed by atoms with Gasteiger partial charge in [-0.25, -0.2) is 14.8 Å². The van der Waals surface area contributed by atoms with Crippen molar-refractivity contribution in [3.05, 3.63) is 39.5 Å². The number of carbonyl (C=O) groups is 3. The monoisotopic (exact) mass is 446 g/mol. The zero-order chi connectivity index (χ0) is 22.7. The Morgan fingerprint density at radius 1 is 1.26 bits per heavy atom. The van der Waals surface area contributed by atoms with Crippen LogP contribution in [0.1, 0.15) is 58.0 Å². The van der Waals surface area contributed by atoms with Crippen LogP contribution in [0.15, 0.2) is 18.3 Å². The van der Waals surface area contributed by atoms with E-state index in [4.69, 9.17) is 5.11 Å². The van der Waals surface area contributed by atoms with Crippen LogP contribution in [0.25, 0.3) is 11.4 Å². The number of thiophene rings is 1. The number of aromatic nitrogens is 3. The normalized spacial score (nSPS) is 13.1. The lowest BCUT2D eigenvalue weighted by atomic mass is 9.98. The molecule has 1 amide bonds. The van der Waals surface area contributed by atoms with E-state index >= 15 is 0 Å². The largest absolute Gasteiger partial charge is 0.493 e. The van der Waals surface area contributed by atoms with E-state index in [1.807, 2.05) is 6.92 Å². The van der Waals surface area contributed by atoms with Gasteiger partial charge < -0.3 is 25.6 Å². The third-order valence-electron chi connectivity index (χ3n) is 4.89. The maximum Gasteiger partial charge on any atom is 0.326 e. The molecule has 0 aromatic carbocycles. The summed E-state index contributed by atoms with van der Waals surface area (Å²) in [6.07, 6.45) is 1.65. The second kappa shape index (κ2) is 9.13. The Balaban J connectivity index is 1.74. The molecule has 0 aliphatic carbocycles. The van der Waals surface area contributed by atoms with Gasteiger partial charge in [-0.05, 0) is 37.5 Å². The lowest BCUT2D eigenvalue weighted by molar-refractivity contribution is -0.140. The lowest BCUT2D eigenvalue weighted by Crippen LogP contribution is -2.40. The van der Waals surface area contributed by atoms with Crippen molar-refractivity contribution >= 4 is 29.2 Å². The fraction of sp³-hybridized carbons (Fsp3) is 0.350. The topological polar surface area (TPSA) is 165 Å². The van der Waals surface area contributed by atoms with Gasteiger partial charge in [-0.3, -0.25) is 9.59 Å². The molecule has 11 heteroatoms. The summed E-state index contributed by atoms with van der Waals surface area (Å²) in [4.78, 5) is 47.0. The summed E-state index contributed by atoms with van der Waals surface area (Å²) in [6, 6.07) is 2.21. The van der Waals surface area contributed by atoms with Crippen molar-refractivity contribution < 1.29 is 29.7 Å². The van der Waals surface area contributed by atoms with Crippen LogP contribution in [0.5, 0.6) is 5.88 Å². The molecule has 164 valence electrons. The van der Waals surface area contributed by atoms with Gasteiger partial charge in [0.25, 0.3) is 5.91 Å². The van der Waals surface area contributed by atoms with Gasteiger partial charge in [0.05, 0.1) is 10.4 Å². The molecule has 2 unspecified atom stereocenters. The first-order valence-electron chi connectivity index (χ1n) is 9.56. The van der Waals surface area contributed by atoms with Crippen molar-refractivity contribution in [3.63, 3.8) is 0 Å². The van der Waals surface area contributed by atoms with Gasteiger partial charge in [-0.1, -0.05) is 6.92 Å². The first kappa shape index (κ1) is 22.2. The molecule has 31 heavy (non-hydrogen) atoms. The molecule has 2 aliphatic rings. The van der Waals surface area contributed by atoms with Crippen LogP contribution >= 0.6 is 11.3 Å². The Hall–Kier alpha value is -3.47. The summed E-state index contributed by atoms with van der Waals surface area (Å²) in [5, 5.41) is 30.7. The Labute approximate surface area is 181 Å². The maximum atomic E-state index is 12.5. The predicted octanol–water partition coefficient (Wildman–Crippen LogP) is 2.57. The zero-order valence-corrected chi connectivity index (χ0v) is 17.7. The standard InChI is InChI=1S/C20H22N4O6S/c1-9(11-8-21-17-16(11)19(28)23-10(2)22-17)13-6-7-14(31-13)18(27)24-12(20(29)30)4-3-5-15(25)26/h6-9,12H,3-5H2,1-2H3,(H,24,27)(H,25,26)(H,29,30)(H2,21,22,23,28). The molecule has 0 saturated heterocycles. The number of hydrogen-bond acceptors (Lipinski definition) is 7. The van der Waals surface area contributed by atoms with E-state index in [0.29, 0.717) is 22.1 Å². The molecule has 0 saturated carbocycles. The van der Waals surface area contributed by atoms with Crippen LogP contribution in [-0.2, 0) is 9.59 Å². The number of hydrogen-bond donors (Lipinski definition) is 5. The van der Waals surface area contributed by atoms with Crippen molar-refractivity contribution in [2.24, 2.45) is 0 Å². The van der Waals surface area contributed by atoms with Crippen LogP contribution < -0.4 is 5.32 Å². The molecule has 0 bridgehead atoms. The number of carboxylic acid groups (broad SMARTS) is 2. The number of amides is 1. The van der Waals surface area contributed by atoms with Gasteiger partial charge in [0, 0.05) is 23.4 Å². The molecule has 5 N–H and O–H groups in total. The minimum atomic E-state index is -1.22. The number of carboxylic acids is 2. The van der Waals surface area contributed by atoms with Crippen molar-refractivity contribution in [2.45, 2.75) is 45.1 Å². The minimum absolute atomic E-state index is 0.0232. The summed E-state index contributed by atoms with van der Waals surface area (Å²) in [6.45, 7) is 3.63. The minimum Gasteiger partial charge on any atom is -0.493 e. The Bertz CT molecular complexity index is 1090. The van der Waals surface area contributed by atoms with E-state index in [2.05, 4.69) is 20.3 Å². The average molecular weight is 446 g/mol. The summed E-state index contributed by atoms with van der Waals surface area (Å²) in [7, 11) is 0. The van der Waals surface area contributed by atoms with Crippen LogP contribution in [0.3, 0.4) is 0 Å². The molecule has 3 heterocycles. The van der Waals surface area contributed by atoms with Crippen LogP contribution in [0.2, 0.25) is 0 Å². The molecule has 10 nitrogen and oxygen atoms in total. The Morgan fingerprint density at radius 2 is 2.00 bits per heavy atom. The summed E-state index contributed by atoms with van der Waals surface area (Å²) < 4.78 is 0. The summed E-state index contributed by atoms with van der Waals surface area (Å²) in [5.74, 6) is -2.02. The van der Waals surface area contributed by atoms with E-state index < -0.39 is 23.9 Å². The van der Waals surface area contributed by atoms with Crippen LogP contribution in [0.4, 0.5) is 0 Å². The summed E-state index contributed by atoms with van der Waals surface area (Å²) in [5.41, 5.74) is 1.27. The number of rotatable bonds is 9. The number of fused-ring (bicyclic) bond motifs is 1. The van der Waals surface area contributed by atoms with Crippen molar-refractivity contribution in [1.82, 2.24) is 20.3 Å². The van der Waals surface area contributed by atoms with Gasteiger partial charge in [-0.2, -0.15) is 0 Å². The summed E-state index contributed by atoms with van der Waals surface area (Å²) >= 11 is 1.21. The molecular weight excluding hydrogens is 424 g/mol. The van der Waals surface area contributed by atoms with Gasteiger partial charge in [-0.15, -0.1) is 11.3 Å². The van der Waals surface area contributed by atoms with Gasteiger partial charge in [0.2, 0.25) is 5.88 Å². The van der Waals surface area contributed by atoms with Gasteiger partial charge in [0.15, 0.2) is 0 Å². The quantitative estimate of drug-likeness (QED) is 0.334. The first-order chi connectivity index (χ1) is 14.7. The Morgan fingerprint density at radius 3 is 2.68 bits per heavy atom. The van der Waals surface area contributed by atoms with Gasteiger partial charge in [0.1, 0.15) is 17.7 Å². The fourth-order valence-corrected chi connectivity index (χ4v) is 4.26. The van der Waals surface area contributed by atoms with Crippen molar-refractivity contribution in [2.75, 3.05) is 0 Å². The second-order valence-corrected chi connectivity index (χ2v) is 8.27. The number of aromatic hydroxyl groups is 1.